The molecule has 2 N–H and O–H groups in total. The molecule has 1 aromatic heterocycles. The second kappa shape index (κ2) is 3.35. The van der Waals surface area contributed by atoms with Crippen LogP contribution in [-0.4, -0.2) is 0 Å². The number of hydrogen-bond acceptors (Lipinski definition) is 2. The van der Waals surface area contributed by atoms with Crippen LogP contribution >= 0.6 is 33.9 Å². The average molecular weight is 325 g/mol. The molecule has 0 unspecified atom stereocenters. The van der Waals surface area contributed by atoms with Crippen LogP contribution in [0.5, 0.6) is 0 Å². The normalized spacial score (nSPS) is 11.3. The van der Waals surface area contributed by atoms with Gasteiger partial charge in [-0.25, -0.2) is 0 Å². The van der Waals surface area contributed by atoms with Gasteiger partial charge in [0.2, 0.25) is 0 Å². The number of benzene rings is 2. The maximum atomic E-state index is 6.00. The van der Waals surface area contributed by atoms with Gasteiger partial charge in [-0.1, -0.05) is 18.2 Å². The van der Waals surface area contributed by atoms with Crippen LogP contribution in [0.25, 0.3) is 20.2 Å². The van der Waals surface area contributed by atoms with Crippen LogP contribution in [0.1, 0.15) is 0 Å². The molecule has 0 saturated heterocycles. The molecule has 0 aliphatic rings. The van der Waals surface area contributed by atoms with E-state index in [1.54, 1.807) is 11.3 Å². The summed E-state index contributed by atoms with van der Waals surface area (Å²) in [6, 6.07) is 12.5. The lowest BCUT2D eigenvalue weighted by Crippen LogP contribution is -1.84. The first-order valence-corrected chi connectivity index (χ1v) is 6.52. The summed E-state index contributed by atoms with van der Waals surface area (Å²) in [4.78, 5) is 0. The van der Waals surface area contributed by atoms with Gasteiger partial charge in [-0.15, -0.1) is 11.3 Å². The van der Waals surface area contributed by atoms with E-state index in [0.717, 1.165) is 5.69 Å². The van der Waals surface area contributed by atoms with Gasteiger partial charge in [0, 0.05) is 24.7 Å². The standard InChI is InChI=1S/C12H8INS/c13-8-5-6-9(14)12-11(8)7-3-1-2-4-10(7)15-12/h1-6H,14H2. The van der Waals surface area contributed by atoms with Crippen molar-refractivity contribution in [2.45, 2.75) is 0 Å². The van der Waals surface area contributed by atoms with E-state index in [1.165, 1.54) is 23.7 Å². The van der Waals surface area contributed by atoms with Crippen molar-refractivity contribution in [2.75, 3.05) is 5.73 Å². The zero-order valence-electron chi connectivity index (χ0n) is 7.83. The first-order valence-electron chi connectivity index (χ1n) is 4.62. The Bertz CT molecular complexity index is 657. The summed E-state index contributed by atoms with van der Waals surface area (Å²) in [5, 5.41) is 2.62. The lowest BCUT2D eigenvalue weighted by atomic mass is 10.1. The molecule has 0 spiro atoms. The molecule has 0 saturated carbocycles. The second-order valence-corrected chi connectivity index (χ2v) is 5.65. The van der Waals surface area contributed by atoms with Crippen molar-refractivity contribution in [3.63, 3.8) is 0 Å². The summed E-state index contributed by atoms with van der Waals surface area (Å²) in [7, 11) is 0. The zero-order chi connectivity index (χ0) is 10.4. The van der Waals surface area contributed by atoms with Crippen LogP contribution in [0.15, 0.2) is 36.4 Å². The molecule has 0 aliphatic heterocycles. The molecule has 74 valence electrons. The van der Waals surface area contributed by atoms with Gasteiger partial charge in [0.15, 0.2) is 0 Å². The van der Waals surface area contributed by atoms with Gasteiger partial charge in [-0.05, 0) is 40.8 Å². The van der Waals surface area contributed by atoms with Gasteiger partial charge >= 0.3 is 0 Å². The van der Waals surface area contributed by atoms with Crippen molar-refractivity contribution in [1.82, 2.24) is 0 Å². The summed E-state index contributed by atoms with van der Waals surface area (Å²) in [6.45, 7) is 0. The third-order valence-electron chi connectivity index (χ3n) is 2.51. The van der Waals surface area contributed by atoms with Gasteiger partial charge in [-0.3, -0.25) is 0 Å². The molecule has 3 rings (SSSR count). The van der Waals surface area contributed by atoms with Crippen molar-refractivity contribution in [3.8, 4) is 0 Å². The highest BCUT2D eigenvalue weighted by molar-refractivity contribution is 14.1. The van der Waals surface area contributed by atoms with E-state index in [2.05, 4.69) is 52.9 Å². The quantitative estimate of drug-likeness (QED) is 0.485. The number of nitrogens with two attached hydrogens (primary N) is 1. The molecule has 0 amide bonds. The minimum atomic E-state index is 0.881. The van der Waals surface area contributed by atoms with Gasteiger partial charge in [0.05, 0.1) is 4.70 Å². The summed E-state index contributed by atoms with van der Waals surface area (Å²) in [5.74, 6) is 0. The molecule has 2 aromatic carbocycles. The fourth-order valence-electron chi connectivity index (χ4n) is 1.81. The van der Waals surface area contributed by atoms with Gasteiger partial charge in [-0.2, -0.15) is 0 Å². The SMILES string of the molecule is Nc1ccc(I)c2c1sc1ccccc12. The smallest absolute Gasteiger partial charge is 0.0595 e. The molecule has 1 heterocycles. The molecule has 1 nitrogen and oxygen atoms in total. The Morgan fingerprint density at radius 2 is 1.87 bits per heavy atom. The van der Waals surface area contributed by atoms with E-state index in [-0.39, 0.29) is 0 Å². The largest absolute Gasteiger partial charge is 0.398 e. The van der Waals surface area contributed by atoms with Crippen molar-refractivity contribution in [2.24, 2.45) is 0 Å². The fourth-order valence-corrected chi connectivity index (χ4v) is 3.89. The van der Waals surface area contributed by atoms with E-state index >= 15 is 0 Å². The van der Waals surface area contributed by atoms with E-state index in [4.69, 9.17) is 5.73 Å². The molecule has 0 fully saturated rings. The topological polar surface area (TPSA) is 26.0 Å². The van der Waals surface area contributed by atoms with E-state index in [9.17, 15) is 0 Å². The van der Waals surface area contributed by atoms with Crippen molar-refractivity contribution >= 4 is 59.8 Å². The Kier molecular flexibility index (Phi) is 2.10. The van der Waals surface area contributed by atoms with Crippen LogP contribution in [0.2, 0.25) is 0 Å². The summed E-state index contributed by atoms with van der Waals surface area (Å²) < 4.78 is 3.79. The number of thiophene rings is 1. The summed E-state index contributed by atoms with van der Waals surface area (Å²) >= 11 is 4.14. The minimum Gasteiger partial charge on any atom is -0.398 e. The lowest BCUT2D eigenvalue weighted by Gasteiger charge is -1.98. The molecule has 0 atom stereocenters. The first-order chi connectivity index (χ1) is 7.27. The van der Waals surface area contributed by atoms with Crippen LogP contribution in [0.3, 0.4) is 0 Å². The molecular weight excluding hydrogens is 317 g/mol. The summed E-state index contributed by atoms with van der Waals surface area (Å²) in [5.41, 5.74) is 6.88. The fraction of sp³-hybridized carbons (Fsp3) is 0. The first kappa shape index (κ1) is 9.42. The number of anilines is 1. The maximum Gasteiger partial charge on any atom is 0.0595 e. The van der Waals surface area contributed by atoms with E-state index in [0.29, 0.717) is 0 Å². The van der Waals surface area contributed by atoms with Gasteiger partial charge < -0.3 is 5.73 Å². The predicted octanol–water partition coefficient (Wildman–Crippen LogP) is 4.24. The number of fused-ring (bicyclic) bond motifs is 3. The van der Waals surface area contributed by atoms with Crippen LogP contribution in [0, 0.1) is 3.57 Å². The van der Waals surface area contributed by atoms with Crippen LogP contribution in [-0.2, 0) is 0 Å². The number of rotatable bonds is 0. The Labute approximate surface area is 105 Å². The molecule has 0 bridgehead atoms. The monoisotopic (exact) mass is 325 g/mol. The molecule has 0 radical (unpaired) electrons. The molecular formula is C12H8INS. The Morgan fingerprint density at radius 1 is 1.07 bits per heavy atom. The predicted molar refractivity (Wildman–Crippen MR) is 76.5 cm³/mol. The molecule has 3 aromatic rings. The van der Waals surface area contributed by atoms with Crippen molar-refractivity contribution in [1.29, 1.82) is 0 Å². The highest BCUT2D eigenvalue weighted by atomic mass is 127. The third-order valence-corrected chi connectivity index (χ3v) is 4.62. The highest BCUT2D eigenvalue weighted by Crippen LogP contribution is 2.39. The van der Waals surface area contributed by atoms with Gasteiger partial charge in [0.1, 0.15) is 0 Å². The number of hydrogen-bond donors (Lipinski definition) is 1. The van der Waals surface area contributed by atoms with Crippen molar-refractivity contribution < 1.29 is 0 Å². The van der Waals surface area contributed by atoms with Crippen LogP contribution < -0.4 is 5.73 Å². The zero-order valence-corrected chi connectivity index (χ0v) is 10.8. The van der Waals surface area contributed by atoms with Crippen LogP contribution in [0.4, 0.5) is 5.69 Å². The average Bonchev–Trinajstić information content (AvgIpc) is 2.64. The molecule has 3 heteroatoms. The second-order valence-electron chi connectivity index (χ2n) is 3.44. The Morgan fingerprint density at radius 3 is 2.73 bits per heavy atom. The maximum absolute atomic E-state index is 6.00. The van der Waals surface area contributed by atoms with Gasteiger partial charge in [0.25, 0.3) is 0 Å². The van der Waals surface area contributed by atoms with E-state index in [1.807, 2.05) is 6.07 Å². The lowest BCUT2D eigenvalue weighted by molar-refractivity contribution is 1.76. The molecule has 0 aliphatic carbocycles. The molecule has 15 heavy (non-hydrogen) atoms. The van der Waals surface area contributed by atoms with Crippen molar-refractivity contribution in [3.05, 3.63) is 40.0 Å². The summed E-state index contributed by atoms with van der Waals surface area (Å²) in [6.07, 6.45) is 0. The van der Waals surface area contributed by atoms with E-state index < -0.39 is 0 Å². The number of halogens is 1. The Hall–Kier alpha value is -0.810. The minimum absolute atomic E-state index is 0.881. The Balaban J connectivity index is 2.66. The number of nitrogen functional groups attached to an aromatic ring is 1. The third kappa shape index (κ3) is 1.33. The highest BCUT2D eigenvalue weighted by Gasteiger charge is 2.09.